The highest BCUT2D eigenvalue weighted by Gasteiger charge is 2.42. The maximum Gasteiger partial charge on any atom is 0.236 e. The number of benzene rings is 4. The molecule has 1 N–H and O–H groups in total. The van der Waals surface area contributed by atoms with Gasteiger partial charge in [-0.1, -0.05) is 121 Å². The average Bonchev–Trinajstić information content (AvgIpc) is 3.55. The fraction of sp³-hybridized carbons (Fsp3) is 0.243. The summed E-state index contributed by atoms with van der Waals surface area (Å²) in [4.78, 5) is 24.9. The Morgan fingerprint density at radius 1 is 0.833 bits per heavy atom. The Bertz CT molecular complexity index is 1500. The van der Waals surface area contributed by atoms with Crippen LogP contribution in [0.15, 0.2) is 121 Å². The van der Waals surface area contributed by atoms with E-state index in [1.165, 1.54) is 5.56 Å². The number of piperidine rings is 1. The number of amides is 1. The third-order valence-electron chi connectivity index (χ3n) is 8.30. The van der Waals surface area contributed by atoms with Crippen LogP contribution in [0.4, 0.5) is 0 Å². The maximum absolute atomic E-state index is 14.4. The van der Waals surface area contributed by atoms with E-state index >= 15 is 0 Å². The quantitative estimate of drug-likeness (QED) is 0.190. The Balaban J connectivity index is 1.34. The van der Waals surface area contributed by atoms with Gasteiger partial charge in [0.2, 0.25) is 5.91 Å². The first-order valence-corrected chi connectivity index (χ1v) is 15.7. The number of hydrogen-bond donors (Lipinski definition) is 1. The molecule has 4 nitrogen and oxygen atoms in total. The summed E-state index contributed by atoms with van der Waals surface area (Å²) in [6.45, 7) is 4.90. The van der Waals surface area contributed by atoms with Crippen molar-refractivity contribution in [3.63, 3.8) is 0 Å². The number of thioether (sulfide) groups is 1. The molecule has 0 spiro atoms. The predicted octanol–water partition coefficient (Wildman–Crippen LogP) is 8.55. The molecule has 0 bridgehead atoms. The molecule has 1 aromatic heterocycles. The SMILES string of the molecule is Cc1ccc(-c2cnc(C3CCCCN3C(=O)C(C)SC(c3ccccc3)(c3ccccc3)c3ccccc3)[nH]2)cc1. The minimum atomic E-state index is -0.548. The molecular formula is C37H37N3OS. The summed E-state index contributed by atoms with van der Waals surface area (Å²) >= 11 is 1.73. The van der Waals surface area contributed by atoms with Crippen LogP contribution in [0.2, 0.25) is 0 Å². The number of imidazole rings is 1. The Labute approximate surface area is 253 Å². The third-order valence-corrected chi connectivity index (χ3v) is 9.92. The van der Waals surface area contributed by atoms with E-state index in [-0.39, 0.29) is 17.2 Å². The predicted molar refractivity (Wildman–Crippen MR) is 173 cm³/mol. The number of likely N-dealkylation sites (tertiary alicyclic amines) is 1. The first-order chi connectivity index (χ1) is 20.6. The van der Waals surface area contributed by atoms with Gasteiger partial charge in [0.15, 0.2) is 0 Å². The summed E-state index contributed by atoms with van der Waals surface area (Å²) in [5, 5.41) is -0.294. The van der Waals surface area contributed by atoms with Crippen molar-refractivity contribution in [1.29, 1.82) is 0 Å². The molecule has 1 aliphatic rings. The van der Waals surface area contributed by atoms with Crippen LogP contribution >= 0.6 is 11.8 Å². The van der Waals surface area contributed by atoms with Gasteiger partial charge in [-0.05, 0) is 55.4 Å². The maximum atomic E-state index is 14.4. The number of nitrogens with zero attached hydrogens (tertiary/aromatic N) is 2. The van der Waals surface area contributed by atoms with Crippen molar-refractivity contribution in [2.24, 2.45) is 0 Å². The van der Waals surface area contributed by atoms with Crippen LogP contribution in [0, 0.1) is 6.92 Å². The van der Waals surface area contributed by atoms with Crippen LogP contribution < -0.4 is 0 Å². The molecule has 1 saturated heterocycles. The second-order valence-electron chi connectivity index (χ2n) is 11.1. The van der Waals surface area contributed by atoms with Gasteiger partial charge in [-0.15, -0.1) is 11.8 Å². The van der Waals surface area contributed by atoms with Gasteiger partial charge in [0, 0.05) is 6.54 Å². The summed E-state index contributed by atoms with van der Waals surface area (Å²) in [7, 11) is 0. The van der Waals surface area contributed by atoms with Gasteiger partial charge in [0.1, 0.15) is 5.82 Å². The van der Waals surface area contributed by atoms with Crippen molar-refractivity contribution in [1.82, 2.24) is 14.9 Å². The number of carbonyl (C=O) groups is 1. The van der Waals surface area contributed by atoms with Gasteiger partial charge in [0.05, 0.1) is 27.9 Å². The minimum Gasteiger partial charge on any atom is -0.340 e. The molecule has 5 aromatic rings. The lowest BCUT2D eigenvalue weighted by Gasteiger charge is -2.40. The number of aromatic amines is 1. The Morgan fingerprint density at radius 3 is 1.93 bits per heavy atom. The molecule has 6 rings (SSSR count). The van der Waals surface area contributed by atoms with E-state index in [1.807, 2.05) is 6.20 Å². The molecule has 5 heteroatoms. The highest BCUT2D eigenvalue weighted by Crippen LogP contribution is 2.50. The van der Waals surface area contributed by atoms with Gasteiger partial charge in [-0.2, -0.15) is 0 Å². The summed E-state index contributed by atoms with van der Waals surface area (Å²) in [5.41, 5.74) is 6.81. The highest BCUT2D eigenvalue weighted by atomic mass is 32.2. The molecule has 42 heavy (non-hydrogen) atoms. The summed E-state index contributed by atoms with van der Waals surface area (Å²) in [5.74, 6) is 1.03. The van der Waals surface area contributed by atoms with Crippen LogP contribution in [-0.4, -0.2) is 32.6 Å². The zero-order valence-corrected chi connectivity index (χ0v) is 25.1. The second kappa shape index (κ2) is 12.4. The summed E-state index contributed by atoms with van der Waals surface area (Å²) < 4.78 is -0.548. The smallest absolute Gasteiger partial charge is 0.236 e. The largest absolute Gasteiger partial charge is 0.340 e. The van der Waals surface area contributed by atoms with E-state index in [4.69, 9.17) is 4.98 Å². The highest BCUT2D eigenvalue weighted by molar-refractivity contribution is 8.01. The molecule has 2 unspecified atom stereocenters. The molecule has 4 aromatic carbocycles. The molecule has 0 saturated carbocycles. The van der Waals surface area contributed by atoms with Crippen LogP contribution in [-0.2, 0) is 9.54 Å². The summed E-state index contributed by atoms with van der Waals surface area (Å²) in [6, 6.07) is 40.2. The topological polar surface area (TPSA) is 49.0 Å². The molecule has 1 fully saturated rings. The Hall–Kier alpha value is -4.09. The third kappa shape index (κ3) is 5.54. The lowest BCUT2D eigenvalue weighted by molar-refractivity contribution is -0.134. The molecule has 0 radical (unpaired) electrons. The normalized spacial score (nSPS) is 16.2. The first kappa shape index (κ1) is 28.0. The number of aromatic nitrogens is 2. The Morgan fingerprint density at radius 2 is 1.38 bits per heavy atom. The molecule has 2 heterocycles. The van der Waals surface area contributed by atoms with E-state index in [0.717, 1.165) is 59.6 Å². The zero-order valence-electron chi connectivity index (χ0n) is 24.2. The molecule has 1 aliphatic heterocycles. The molecule has 0 aliphatic carbocycles. The molecular weight excluding hydrogens is 534 g/mol. The van der Waals surface area contributed by atoms with Crippen LogP contribution in [0.3, 0.4) is 0 Å². The number of H-pyrrole nitrogens is 1. The Kier molecular flexibility index (Phi) is 8.29. The van der Waals surface area contributed by atoms with Crippen LogP contribution in [0.5, 0.6) is 0 Å². The zero-order chi connectivity index (χ0) is 28.9. The summed E-state index contributed by atoms with van der Waals surface area (Å²) in [6.07, 6.45) is 4.90. The van der Waals surface area contributed by atoms with Gasteiger partial charge < -0.3 is 9.88 Å². The molecule has 2 atom stereocenters. The van der Waals surface area contributed by atoms with Crippen molar-refractivity contribution >= 4 is 17.7 Å². The molecule has 212 valence electrons. The fourth-order valence-electron chi connectivity index (χ4n) is 6.14. The van der Waals surface area contributed by atoms with Crippen LogP contribution in [0.25, 0.3) is 11.3 Å². The average molecular weight is 572 g/mol. The number of nitrogens with one attached hydrogen (secondary N) is 1. The number of hydrogen-bond acceptors (Lipinski definition) is 3. The number of aryl methyl sites for hydroxylation is 1. The van der Waals surface area contributed by atoms with Crippen molar-refractivity contribution in [2.75, 3.05) is 6.54 Å². The lowest BCUT2D eigenvalue weighted by atomic mass is 9.84. The fourth-order valence-corrected chi connectivity index (χ4v) is 7.72. The van der Waals surface area contributed by atoms with Crippen molar-refractivity contribution in [2.45, 2.75) is 49.1 Å². The monoisotopic (exact) mass is 571 g/mol. The van der Waals surface area contributed by atoms with Crippen LogP contribution in [0.1, 0.15) is 60.3 Å². The van der Waals surface area contributed by atoms with Gasteiger partial charge in [-0.3, -0.25) is 4.79 Å². The van der Waals surface area contributed by atoms with Crippen molar-refractivity contribution < 1.29 is 4.79 Å². The van der Waals surface area contributed by atoms with E-state index in [2.05, 4.69) is 139 Å². The number of carbonyl (C=O) groups excluding carboxylic acids is 1. The lowest BCUT2D eigenvalue weighted by Crippen LogP contribution is -2.44. The minimum absolute atomic E-state index is 0.0620. The first-order valence-electron chi connectivity index (χ1n) is 14.8. The standard InChI is InChI=1S/C37H37N3OS/c1-27-21-23-29(24-22-27)33-26-38-35(39-33)34-20-12-13-25-40(34)36(41)28(2)42-37(30-14-6-3-7-15-30,31-16-8-4-9-17-31)32-18-10-5-11-19-32/h3-11,14-19,21-24,26,28,34H,12-13,20,25H2,1-2H3,(H,38,39). The van der Waals surface area contributed by atoms with E-state index in [9.17, 15) is 4.79 Å². The van der Waals surface area contributed by atoms with Gasteiger partial charge >= 0.3 is 0 Å². The molecule has 1 amide bonds. The van der Waals surface area contributed by atoms with E-state index in [1.54, 1.807) is 11.8 Å². The van der Waals surface area contributed by atoms with E-state index < -0.39 is 4.75 Å². The van der Waals surface area contributed by atoms with Crippen molar-refractivity contribution in [3.8, 4) is 11.3 Å². The van der Waals surface area contributed by atoms with Gasteiger partial charge in [-0.25, -0.2) is 4.98 Å². The van der Waals surface area contributed by atoms with E-state index in [0.29, 0.717) is 0 Å². The second-order valence-corrected chi connectivity index (χ2v) is 12.7. The van der Waals surface area contributed by atoms with Gasteiger partial charge in [0.25, 0.3) is 0 Å². The van der Waals surface area contributed by atoms with Crippen molar-refractivity contribution in [3.05, 3.63) is 150 Å². The number of rotatable bonds is 8.